The van der Waals surface area contributed by atoms with Crippen LogP contribution in [0.4, 0.5) is 5.69 Å². The minimum Gasteiger partial charge on any atom is -0.366 e. The molecule has 1 atom stereocenters. The number of fused-ring (bicyclic) bond motifs is 2. The van der Waals surface area contributed by atoms with Crippen LogP contribution in [0.2, 0.25) is 0 Å². The number of hydrogen-bond donors (Lipinski definition) is 0. The lowest BCUT2D eigenvalue weighted by Crippen LogP contribution is -2.50. The summed E-state index contributed by atoms with van der Waals surface area (Å²) in [7, 11) is -7.14. The first-order valence-corrected chi connectivity index (χ1v) is 17.7. The first-order chi connectivity index (χ1) is 19.0. The molecule has 9 nitrogen and oxygen atoms in total. The zero-order chi connectivity index (χ0) is 30.0. The van der Waals surface area contributed by atoms with Gasteiger partial charge >= 0.3 is 0 Å². The number of aryl methyl sites for hydroxylation is 1. The van der Waals surface area contributed by atoms with Crippen LogP contribution in [-0.2, 0) is 37.4 Å². The highest BCUT2D eigenvalue weighted by atomic mass is 32.2. The van der Waals surface area contributed by atoms with Crippen LogP contribution < -0.4 is 4.90 Å². The Morgan fingerprint density at radius 1 is 1.17 bits per heavy atom. The third-order valence-corrected chi connectivity index (χ3v) is 12.4. The van der Waals surface area contributed by atoms with Crippen molar-refractivity contribution >= 4 is 47.4 Å². The van der Waals surface area contributed by atoms with Crippen molar-refractivity contribution in [1.29, 1.82) is 5.26 Å². The number of sulfonamides is 1. The normalized spacial score (nSPS) is 19.8. The van der Waals surface area contributed by atoms with Gasteiger partial charge in [-0.1, -0.05) is 0 Å². The van der Waals surface area contributed by atoms with E-state index in [0.717, 1.165) is 63.1 Å². The topological polar surface area (TPSA) is 121 Å². The van der Waals surface area contributed by atoms with Crippen LogP contribution in [0.3, 0.4) is 0 Å². The third kappa shape index (κ3) is 5.62. The first-order valence-electron chi connectivity index (χ1n) is 13.6. The van der Waals surface area contributed by atoms with Crippen LogP contribution in [0.25, 0.3) is 21.3 Å². The Hall–Kier alpha value is -2.56. The van der Waals surface area contributed by atoms with Gasteiger partial charge in [-0.05, 0) is 83.7 Å². The van der Waals surface area contributed by atoms with Gasteiger partial charge in [0.05, 0.1) is 32.9 Å². The Bertz CT molecular complexity index is 1770. The lowest BCUT2D eigenvalue weighted by molar-refractivity contribution is 0.284. The number of nitrogens with zero attached hydrogens (tertiary/aromatic N) is 4. The lowest BCUT2D eigenvalue weighted by atomic mass is 9.90. The third-order valence-electron chi connectivity index (χ3n) is 7.91. The summed E-state index contributed by atoms with van der Waals surface area (Å²) in [5.74, 6) is 0. The Labute approximate surface area is 246 Å². The van der Waals surface area contributed by atoms with Gasteiger partial charge in [0.15, 0.2) is 0 Å². The van der Waals surface area contributed by atoms with Crippen molar-refractivity contribution in [3.05, 3.63) is 46.5 Å². The van der Waals surface area contributed by atoms with Crippen molar-refractivity contribution in [2.45, 2.75) is 76.8 Å². The fraction of sp³-hybridized carbons (Fsp3) is 0.517. The molecule has 1 aromatic carbocycles. The molecule has 5 rings (SSSR count). The van der Waals surface area contributed by atoms with Crippen molar-refractivity contribution in [3.63, 3.8) is 0 Å². The molecule has 1 saturated heterocycles. The summed E-state index contributed by atoms with van der Waals surface area (Å²) in [6.45, 7) is 10.3. The molecule has 41 heavy (non-hydrogen) atoms. The molecule has 220 valence electrons. The number of nitriles is 1. The second kappa shape index (κ2) is 10.3. The van der Waals surface area contributed by atoms with E-state index in [4.69, 9.17) is 4.18 Å². The molecule has 2 aromatic heterocycles. The van der Waals surface area contributed by atoms with Gasteiger partial charge in [0.25, 0.3) is 10.1 Å². The van der Waals surface area contributed by atoms with Gasteiger partial charge in [-0.25, -0.2) is 8.42 Å². The maximum Gasteiger partial charge on any atom is 0.264 e. The van der Waals surface area contributed by atoms with Gasteiger partial charge in [0, 0.05) is 52.6 Å². The van der Waals surface area contributed by atoms with Gasteiger partial charge in [-0.3, -0.25) is 9.17 Å². The summed E-state index contributed by atoms with van der Waals surface area (Å²) in [5, 5.41) is 9.90. The van der Waals surface area contributed by atoms with Crippen molar-refractivity contribution in [3.8, 4) is 17.2 Å². The average Bonchev–Trinajstić information content (AvgIpc) is 3.45. The molecule has 0 aliphatic carbocycles. The number of pyridine rings is 1. The van der Waals surface area contributed by atoms with E-state index in [-0.39, 0.29) is 12.6 Å². The number of rotatable bonds is 6. The molecule has 2 aliphatic rings. The van der Waals surface area contributed by atoms with E-state index in [1.165, 1.54) is 11.3 Å². The molecular weight excluding hydrogens is 581 g/mol. The van der Waals surface area contributed by atoms with Crippen LogP contribution in [0.1, 0.15) is 63.5 Å². The fourth-order valence-corrected chi connectivity index (χ4v) is 9.22. The molecule has 0 unspecified atom stereocenters. The summed E-state index contributed by atoms with van der Waals surface area (Å²) in [4.78, 5) is 7.60. The van der Waals surface area contributed by atoms with E-state index in [0.29, 0.717) is 18.5 Å². The van der Waals surface area contributed by atoms with E-state index in [2.05, 4.69) is 16.0 Å². The molecule has 12 heteroatoms. The Morgan fingerprint density at radius 2 is 1.90 bits per heavy atom. The summed E-state index contributed by atoms with van der Waals surface area (Å²) in [6, 6.07) is 9.90. The van der Waals surface area contributed by atoms with Crippen LogP contribution in [0.5, 0.6) is 0 Å². The molecule has 0 amide bonds. The number of anilines is 1. The highest BCUT2D eigenvalue weighted by Gasteiger charge is 2.50. The van der Waals surface area contributed by atoms with E-state index in [1.54, 1.807) is 31.3 Å². The molecule has 4 heterocycles. The Balaban J connectivity index is 1.62. The zero-order valence-corrected chi connectivity index (χ0v) is 26.7. The maximum atomic E-state index is 13.6. The van der Waals surface area contributed by atoms with Gasteiger partial charge in [-0.2, -0.15) is 18.0 Å². The smallest absolute Gasteiger partial charge is 0.264 e. The monoisotopic (exact) mass is 616 g/mol. The Morgan fingerprint density at radius 3 is 2.56 bits per heavy atom. The molecule has 2 aliphatic heterocycles. The quantitative estimate of drug-likeness (QED) is 0.353. The maximum absolute atomic E-state index is 13.6. The van der Waals surface area contributed by atoms with Gasteiger partial charge in [0.1, 0.15) is 6.61 Å². The fourth-order valence-electron chi connectivity index (χ4n) is 5.99. The predicted octanol–water partition coefficient (Wildman–Crippen LogP) is 5.04. The molecular formula is C29H36N4O5S3. The lowest BCUT2D eigenvalue weighted by Gasteiger charge is -2.38. The summed E-state index contributed by atoms with van der Waals surface area (Å²) >= 11 is 1.42. The number of aromatic nitrogens is 1. The minimum absolute atomic E-state index is 0.0350. The SMILES string of the molecule is CC1(C)C[C@H](N2CCCc3cc(C#N)cc(-c4ccnc5cc(COS(C)(=O)=O)sc45)c32)CN1S(=O)(=O)C(C)(C)C. The molecule has 0 N–H and O–H groups in total. The highest BCUT2D eigenvalue weighted by Crippen LogP contribution is 2.46. The van der Waals surface area contributed by atoms with Crippen molar-refractivity contribution < 1.29 is 21.0 Å². The van der Waals surface area contributed by atoms with E-state index < -0.39 is 30.4 Å². The van der Waals surface area contributed by atoms with Crippen molar-refractivity contribution in [2.75, 3.05) is 24.2 Å². The highest BCUT2D eigenvalue weighted by molar-refractivity contribution is 7.90. The van der Waals surface area contributed by atoms with Crippen LogP contribution in [0.15, 0.2) is 30.5 Å². The molecule has 0 radical (unpaired) electrons. The minimum atomic E-state index is -3.60. The first kappa shape index (κ1) is 29.9. The average molecular weight is 617 g/mol. The molecule has 0 spiro atoms. The molecule has 3 aromatic rings. The molecule has 0 saturated carbocycles. The predicted molar refractivity (Wildman–Crippen MR) is 163 cm³/mol. The van der Waals surface area contributed by atoms with Crippen LogP contribution in [0, 0.1) is 11.3 Å². The Kier molecular flexibility index (Phi) is 7.52. The van der Waals surface area contributed by atoms with E-state index in [9.17, 15) is 22.1 Å². The van der Waals surface area contributed by atoms with E-state index in [1.807, 2.05) is 38.1 Å². The number of thiophene rings is 1. The number of hydrogen-bond acceptors (Lipinski definition) is 9. The van der Waals surface area contributed by atoms with Crippen LogP contribution in [-0.4, -0.2) is 61.8 Å². The number of benzene rings is 1. The van der Waals surface area contributed by atoms with E-state index >= 15 is 0 Å². The summed E-state index contributed by atoms with van der Waals surface area (Å²) in [5.41, 5.74) is 4.64. The second-order valence-corrected chi connectivity index (χ2v) is 17.9. The second-order valence-electron chi connectivity index (χ2n) is 12.5. The standard InChI is InChI=1S/C29H36N4O5S3/c1-28(2,3)41(36,37)33-17-21(15-29(33,4)5)32-11-7-8-20-12-19(16-30)13-24(26(20)32)23-9-10-31-25-14-22(39-27(23)25)18-38-40(6,34)35/h9-10,12-14,21H,7-8,11,15,17-18H2,1-6H3/t21-/m0/s1. The molecule has 0 bridgehead atoms. The van der Waals surface area contributed by atoms with Gasteiger partial charge < -0.3 is 4.90 Å². The van der Waals surface area contributed by atoms with Gasteiger partial charge in [-0.15, -0.1) is 11.3 Å². The van der Waals surface area contributed by atoms with Gasteiger partial charge in [0.2, 0.25) is 10.0 Å². The van der Waals surface area contributed by atoms with Crippen LogP contribution >= 0.6 is 11.3 Å². The summed E-state index contributed by atoms with van der Waals surface area (Å²) in [6.07, 6.45) is 5.15. The van der Waals surface area contributed by atoms with Crippen molar-refractivity contribution in [2.24, 2.45) is 0 Å². The largest absolute Gasteiger partial charge is 0.366 e. The molecule has 1 fully saturated rings. The zero-order valence-electron chi connectivity index (χ0n) is 24.3. The van der Waals surface area contributed by atoms with Crippen molar-refractivity contribution in [1.82, 2.24) is 9.29 Å². The summed E-state index contributed by atoms with van der Waals surface area (Å²) < 4.78 is 57.0.